The highest BCUT2D eigenvalue weighted by atomic mass is 32.2. The van der Waals surface area contributed by atoms with Gasteiger partial charge in [-0.05, 0) is 44.8 Å². The summed E-state index contributed by atoms with van der Waals surface area (Å²) in [7, 11) is 0. The van der Waals surface area contributed by atoms with E-state index in [9.17, 15) is 5.11 Å². The Morgan fingerprint density at radius 2 is 1.76 bits per heavy atom. The van der Waals surface area contributed by atoms with E-state index in [0.717, 1.165) is 24.6 Å². The summed E-state index contributed by atoms with van der Waals surface area (Å²) in [5, 5.41) is 14.1. The molecule has 0 aromatic rings. The first kappa shape index (κ1) is 15.3. The quantitative estimate of drug-likeness (QED) is 0.737. The molecule has 0 heterocycles. The average Bonchev–Trinajstić information content (AvgIpc) is 2.41. The molecule has 0 amide bonds. The van der Waals surface area contributed by atoms with E-state index in [2.05, 4.69) is 25.4 Å². The first-order chi connectivity index (χ1) is 8.19. The third-order valence-corrected chi connectivity index (χ3v) is 5.75. The van der Waals surface area contributed by atoms with E-state index in [1.807, 2.05) is 11.8 Å². The zero-order chi connectivity index (χ0) is 12.7. The van der Waals surface area contributed by atoms with Crippen molar-refractivity contribution in [3.8, 4) is 0 Å². The molecule has 1 rings (SSSR count). The fraction of sp³-hybridized carbons (Fsp3) is 1.00. The van der Waals surface area contributed by atoms with Crippen LogP contribution in [-0.4, -0.2) is 35.8 Å². The first-order valence-corrected chi connectivity index (χ1v) is 8.35. The van der Waals surface area contributed by atoms with Gasteiger partial charge in [0, 0.05) is 29.9 Å². The highest BCUT2D eigenvalue weighted by Crippen LogP contribution is 2.29. The Kier molecular flexibility index (Phi) is 6.90. The van der Waals surface area contributed by atoms with E-state index in [1.54, 1.807) is 0 Å². The van der Waals surface area contributed by atoms with Crippen LogP contribution in [-0.2, 0) is 0 Å². The van der Waals surface area contributed by atoms with Crippen molar-refractivity contribution in [2.24, 2.45) is 5.41 Å². The molecule has 2 nitrogen and oxygen atoms in total. The highest BCUT2D eigenvalue weighted by molar-refractivity contribution is 7.99. The van der Waals surface area contributed by atoms with E-state index in [1.165, 1.54) is 25.7 Å². The van der Waals surface area contributed by atoms with Gasteiger partial charge in [0.15, 0.2) is 0 Å². The Morgan fingerprint density at radius 3 is 2.18 bits per heavy atom. The molecule has 1 fully saturated rings. The predicted octanol–water partition coefficient (Wildman–Crippen LogP) is 3.05. The molecule has 0 aliphatic heterocycles. The van der Waals surface area contributed by atoms with Crippen LogP contribution in [0.25, 0.3) is 0 Å². The van der Waals surface area contributed by atoms with Crippen LogP contribution < -0.4 is 5.32 Å². The Labute approximate surface area is 111 Å². The van der Waals surface area contributed by atoms with Crippen LogP contribution >= 0.6 is 11.8 Å². The largest absolute Gasteiger partial charge is 0.396 e. The maximum atomic E-state index is 9.54. The van der Waals surface area contributed by atoms with Crippen molar-refractivity contribution in [3.05, 3.63) is 0 Å². The van der Waals surface area contributed by atoms with Crippen molar-refractivity contribution in [1.29, 1.82) is 0 Å². The van der Waals surface area contributed by atoms with Gasteiger partial charge in [-0.3, -0.25) is 0 Å². The molecule has 3 heteroatoms. The van der Waals surface area contributed by atoms with Crippen LogP contribution in [0.5, 0.6) is 0 Å². The van der Waals surface area contributed by atoms with Crippen LogP contribution in [0.2, 0.25) is 0 Å². The van der Waals surface area contributed by atoms with Crippen molar-refractivity contribution < 1.29 is 5.11 Å². The van der Waals surface area contributed by atoms with Gasteiger partial charge in [-0.25, -0.2) is 0 Å². The summed E-state index contributed by atoms with van der Waals surface area (Å²) in [5.41, 5.74) is 0.107. The molecule has 0 radical (unpaired) electrons. The minimum absolute atomic E-state index is 0.107. The van der Waals surface area contributed by atoms with Gasteiger partial charge in [0.2, 0.25) is 0 Å². The molecule has 0 saturated heterocycles. The fourth-order valence-corrected chi connectivity index (χ4v) is 3.39. The van der Waals surface area contributed by atoms with Crippen molar-refractivity contribution in [1.82, 2.24) is 5.32 Å². The van der Waals surface area contributed by atoms with Crippen molar-refractivity contribution in [2.45, 2.75) is 63.7 Å². The van der Waals surface area contributed by atoms with Gasteiger partial charge in [0.25, 0.3) is 0 Å². The lowest BCUT2D eigenvalue weighted by Gasteiger charge is -2.34. The molecule has 0 unspecified atom stereocenters. The SMILES string of the molecule is CCC(CC)(CO)CNC1CCC(SC)CC1. The Balaban J connectivity index is 2.31. The smallest absolute Gasteiger partial charge is 0.0499 e. The second-order valence-electron chi connectivity index (χ2n) is 5.46. The molecule has 0 aromatic heterocycles. The monoisotopic (exact) mass is 259 g/mol. The van der Waals surface area contributed by atoms with Crippen molar-refractivity contribution in [3.63, 3.8) is 0 Å². The highest BCUT2D eigenvalue weighted by Gasteiger charge is 2.27. The third kappa shape index (κ3) is 4.46. The number of rotatable bonds is 7. The number of thioether (sulfide) groups is 1. The van der Waals surface area contributed by atoms with Gasteiger partial charge < -0.3 is 10.4 Å². The van der Waals surface area contributed by atoms with E-state index in [-0.39, 0.29) is 5.41 Å². The molecule has 2 N–H and O–H groups in total. The minimum Gasteiger partial charge on any atom is -0.396 e. The fourth-order valence-electron chi connectivity index (χ4n) is 2.64. The molecule has 0 bridgehead atoms. The van der Waals surface area contributed by atoms with Crippen molar-refractivity contribution in [2.75, 3.05) is 19.4 Å². The van der Waals surface area contributed by atoms with Crippen molar-refractivity contribution >= 4 is 11.8 Å². The Morgan fingerprint density at radius 1 is 1.18 bits per heavy atom. The summed E-state index contributed by atoms with van der Waals surface area (Å²) in [6, 6.07) is 0.683. The Hall–Kier alpha value is 0.270. The maximum Gasteiger partial charge on any atom is 0.0499 e. The second-order valence-corrected chi connectivity index (χ2v) is 6.59. The lowest BCUT2D eigenvalue weighted by Crippen LogP contribution is -2.43. The Bertz CT molecular complexity index is 190. The van der Waals surface area contributed by atoms with Gasteiger partial charge in [0.05, 0.1) is 0 Å². The summed E-state index contributed by atoms with van der Waals surface area (Å²) in [4.78, 5) is 0. The number of aliphatic hydroxyl groups excluding tert-OH is 1. The number of hydrogen-bond donors (Lipinski definition) is 2. The summed E-state index contributed by atoms with van der Waals surface area (Å²) in [6.45, 7) is 5.66. The average molecular weight is 259 g/mol. The number of hydrogen-bond acceptors (Lipinski definition) is 3. The molecule has 0 aromatic carbocycles. The molecule has 102 valence electrons. The van der Waals surface area contributed by atoms with Crippen LogP contribution in [0.1, 0.15) is 52.4 Å². The zero-order valence-corrected chi connectivity index (χ0v) is 12.5. The number of aliphatic hydroxyl groups is 1. The molecule has 0 spiro atoms. The van der Waals surface area contributed by atoms with Crippen LogP contribution in [0.3, 0.4) is 0 Å². The van der Waals surface area contributed by atoms with Gasteiger partial charge in [-0.15, -0.1) is 0 Å². The predicted molar refractivity (Wildman–Crippen MR) is 77.7 cm³/mol. The topological polar surface area (TPSA) is 32.3 Å². The normalized spacial score (nSPS) is 26.1. The first-order valence-electron chi connectivity index (χ1n) is 7.06. The minimum atomic E-state index is 0.107. The van der Waals surface area contributed by atoms with Gasteiger partial charge in [-0.2, -0.15) is 11.8 Å². The molecule has 1 aliphatic carbocycles. The molecular formula is C14H29NOS. The van der Waals surface area contributed by atoms with Crippen LogP contribution in [0.15, 0.2) is 0 Å². The summed E-state index contributed by atoms with van der Waals surface area (Å²) >= 11 is 2.02. The zero-order valence-electron chi connectivity index (χ0n) is 11.7. The van der Waals surface area contributed by atoms with E-state index >= 15 is 0 Å². The molecular weight excluding hydrogens is 230 g/mol. The maximum absolute atomic E-state index is 9.54. The van der Waals surface area contributed by atoms with Crippen LogP contribution in [0, 0.1) is 5.41 Å². The number of nitrogens with one attached hydrogen (secondary N) is 1. The van der Waals surface area contributed by atoms with Gasteiger partial charge in [0.1, 0.15) is 0 Å². The van der Waals surface area contributed by atoms with Crippen LogP contribution in [0.4, 0.5) is 0 Å². The standard InChI is InChI=1S/C14H29NOS/c1-4-14(5-2,11-16)10-15-12-6-8-13(17-3)9-7-12/h12-13,15-16H,4-11H2,1-3H3. The summed E-state index contributed by atoms with van der Waals surface area (Å²) in [5.74, 6) is 0. The van der Waals surface area contributed by atoms with Gasteiger partial charge in [-0.1, -0.05) is 13.8 Å². The molecule has 1 aliphatic rings. The van der Waals surface area contributed by atoms with Gasteiger partial charge >= 0.3 is 0 Å². The molecule has 17 heavy (non-hydrogen) atoms. The lowest BCUT2D eigenvalue weighted by atomic mass is 9.82. The molecule has 1 saturated carbocycles. The van der Waals surface area contributed by atoms with E-state index in [0.29, 0.717) is 12.6 Å². The third-order valence-electron chi connectivity index (χ3n) is 4.61. The van der Waals surface area contributed by atoms with E-state index < -0.39 is 0 Å². The second kappa shape index (κ2) is 7.65. The summed E-state index contributed by atoms with van der Waals surface area (Å²) < 4.78 is 0. The van der Waals surface area contributed by atoms with E-state index in [4.69, 9.17) is 0 Å². The lowest BCUT2D eigenvalue weighted by molar-refractivity contribution is 0.107. The summed E-state index contributed by atoms with van der Waals surface area (Å²) in [6.07, 6.45) is 9.66. The molecule has 0 atom stereocenters.